The smallest absolute Gasteiger partial charge is 0.321 e. The Morgan fingerprint density at radius 2 is 1.56 bits per heavy atom. The number of carbonyl (C=O) groups is 2. The van der Waals surface area contributed by atoms with Gasteiger partial charge in [0.2, 0.25) is 0 Å². The van der Waals surface area contributed by atoms with E-state index in [4.69, 9.17) is 15.9 Å². The maximum absolute atomic E-state index is 10.9. The number of aliphatic hydroxyl groups is 1. The summed E-state index contributed by atoms with van der Waals surface area (Å²) < 4.78 is 0. The molecule has 3 atom stereocenters. The SMILES string of the molecule is CCC=CCC(O)C(C=CC=CC=CCC=CCC=CCCC(=O)O)SCC(N)C(=O)O. The number of aliphatic carboxylic acids is 2. The lowest BCUT2D eigenvalue weighted by Crippen LogP contribution is -2.34. The van der Waals surface area contributed by atoms with Gasteiger partial charge in [-0.15, -0.1) is 11.8 Å². The summed E-state index contributed by atoms with van der Waals surface area (Å²) in [5, 5.41) is 27.7. The van der Waals surface area contributed by atoms with E-state index in [0.717, 1.165) is 19.3 Å². The molecule has 7 heteroatoms. The van der Waals surface area contributed by atoms with Gasteiger partial charge < -0.3 is 21.1 Å². The molecular formula is C25H37NO5S. The second-order valence-electron chi connectivity index (χ2n) is 6.97. The molecule has 0 aliphatic carbocycles. The maximum Gasteiger partial charge on any atom is 0.321 e. The lowest BCUT2D eigenvalue weighted by Gasteiger charge is -2.19. The molecule has 0 saturated heterocycles. The fourth-order valence-electron chi connectivity index (χ4n) is 2.35. The van der Waals surface area contributed by atoms with Crippen LogP contribution in [0.4, 0.5) is 0 Å². The number of carboxylic acids is 2. The van der Waals surface area contributed by atoms with Gasteiger partial charge in [0, 0.05) is 17.4 Å². The molecule has 3 unspecified atom stereocenters. The zero-order valence-electron chi connectivity index (χ0n) is 18.8. The Hall–Kier alpha value is -2.35. The number of hydrogen-bond acceptors (Lipinski definition) is 5. The molecule has 0 aromatic rings. The Balaban J connectivity index is 4.44. The molecule has 6 nitrogen and oxygen atoms in total. The maximum atomic E-state index is 10.9. The van der Waals surface area contributed by atoms with Gasteiger partial charge in [-0.25, -0.2) is 0 Å². The van der Waals surface area contributed by atoms with Crippen molar-refractivity contribution in [3.8, 4) is 0 Å². The number of rotatable bonds is 18. The summed E-state index contributed by atoms with van der Waals surface area (Å²) in [5.74, 6) is -1.60. The van der Waals surface area contributed by atoms with Crippen LogP contribution in [-0.2, 0) is 9.59 Å². The molecule has 32 heavy (non-hydrogen) atoms. The van der Waals surface area contributed by atoms with Crippen molar-refractivity contribution < 1.29 is 24.9 Å². The average molecular weight is 464 g/mol. The standard InChI is InChI=1S/C25H37NO5S/c1-2-3-14-17-22(27)23(32-20-21(26)25(30)31)18-15-12-10-8-6-4-5-7-9-11-13-16-19-24(28)29/h3,5-8,10-15,18,21-23,27H,2,4,9,16-17,19-20,26H2,1H3,(H,28,29)(H,30,31). The fraction of sp³-hybridized carbons (Fsp3) is 0.440. The topological polar surface area (TPSA) is 121 Å². The van der Waals surface area contributed by atoms with Crippen molar-refractivity contribution in [2.45, 2.75) is 62.8 Å². The molecule has 5 N–H and O–H groups in total. The second kappa shape index (κ2) is 20.5. The second-order valence-corrected chi connectivity index (χ2v) is 8.18. The number of allylic oxidation sites excluding steroid dienone is 10. The van der Waals surface area contributed by atoms with E-state index >= 15 is 0 Å². The molecule has 0 spiro atoms. The highest BCUT2D eigenvalue weighted by Crippen LogP contribution is 2.20. The number of thioether (sulfide) groups is 1. The lowest BCUT2D eigenvalue weighted by atomic mass is 10.1. The zero-order chi connectivity index (χ0) is 24.0. The highest BCUT2D eigenvalue weighted by molar-refractivity contribution is 8.00. The largest absolute Gasteiger partial charge is 0.481 e. The van der Waals surface area contributed by atoms with E-state index in [0.29, 0.717) is 12.8 Å². The summed E-state index contributed by atoms with van der Waals surface area (Å²) in [7, 11) is 0. The highest BCUT2D eigenvalue weighted by atomic mass is 32.2. The van der Waals surface area contributed by atoms with Crippen molar-refractivity contribution in [1.29, 1.82) is 0 Å². The van der Waals surface area contributed by atoms with Crippen molar-refractivity contribution >= 4 is 23.7 Å². The summed E-state index contributed by atoms with van der Waals surface area (Å²) in [5.41, 5.74) is 5.58. The van der Waals surface area contributed by atoms with Gasteiger partial charge >= 0.3 is 11.9 Å². The van der Waals surface area contributed by atoms with E-state index in [-0.39, 0.29) is 17.4 Å². The first-order valence-electron chi connectivity index (χ1n) is 10.8. The van der Waals surface area contributed by atoms with Gasteiger partial charge in [-0.05, 0) is 32.1 Å². The third-order valence-corrected chi connectivity index (χ3v) is 5.53. The van der Waals surface area contributed by atoms with Crippen molar-refractivity contribution in [3.05, 3.63) is 72.9 Å². The summed E-state index contributed by atoms with van der Waals surface area (Å²) >= 11 is 1.34. The van der Waals surface area contributed by atoms with Gasteiger partial charge in [-0.1, -0.05) is 79.8 Å². The quantitative estimate of drug-likeness (QED) is 0.172. The third kappa shape index (κ3) is 18.4. The van der Waals surface area contributed by atoms with E-state index in [1.54, 1.807) is 0 Å². The van der Waals surface area contributed by atoms with E-state index < -0.39 is 24.1 Å². The molecule has 178 valence electrons. The predicted molar refractivity (Wildman–Crippen MR) is 134 cm³/mol. The fourth-order valence-corrected chi connectivity index (χ4v) is 3.45. The van der Waals surface area contributed by atoms with Crippen molar-refractivity contribution in [3.63, 3.8) is 0 Å². The number of carboxylic acid groups (broad SMARTS) is 2. The van der Waals surface area contributed by atoms with Crippen LogP contribution < -0.4 is 5.73 Å². The van der Waals surface area contributed by atoms with Crippen molar-refractivity contribution in [2.75, 3.05) is 5.75 Å². The minimum Gasteiger partial charge on any atom is -0.481 e. The Kier molecular flexibility index (Phi) is 19.0. The van der Waals surface area contributed by atoms with Gasteiger partial charge in [-0.2, -0.15) is 0 Å². The minimum absolute atomic E-state index is 0.161. The molecule has 0 aromatic heterocycles. The molecular weight excluding hydrogens is 426 g/mol. The normalized spacial score (nSPS) is 15.7. The summed E-state index contributed by atoms with van der Waals surface area (Å²) in [4.78, 5) is 21.3. The molecule has 0 bridgehead atoms. The Bertz CT molecular complexity index is 694. The van der Waals surface area contributed by atoms with Crippen LogP contribution in [0.3, 0.4) is 0 Å². The monoisotopic (exact) mass is 463 g/mol. The van der Waals surface area contributed by atoms with Crippen LogP contribution in [0.15, 0.2) is 72.9 Å². The average Bonchev–Trinajstić information content (AvgIpc) is 2.75. The van der Waals surface area contributed by atoms with Crippen LogP contribution in [0.1, 0.15) is 45.4 Å². The number of hydrogen-bond donors (Lipinski definition) is 4. The van der Waals surface area contributed by atoms with Gasteiger partial charge in [-0.3, -0.25) is 9.59 Å². The first-order chi connectivity index (χ1) is 15.4. The summed E-state index contributed by atoms with van der Waals surface area (Å²) in [6.45, 7) is 2.03. The van der Waals surface area contributed by atoms with Crippen LogP contribution in [0.5, 0.6) is 0 Å². The molecule has 0 radical (unpaired) electrons. The van der Waals surface area contributed by atoms with E-state index in [2.05, 4.69) is 0 Å². The van der Waals surface area contributed by atoms with E-state index in [1.165, 1.54) is 11.8 Å². The lowest BCUT2D eigenvalue weighted by molar-refractivity contribution is -0.138. The third-order valence-electron chi connectivity index (χ3n) is 4.12. The van der Waals surface area contributed by atoms with Gasteiger partial charge in [0.15, 0.2) is 0 Å². The van der Waals surface area contributed by atoms with Crippen molar-refractivity contribution in [2.24, 2.45) is 5.73 Å². The molecule has 0 heterocycles. The van der Waals surface area contributed by atoms with Gasteiger partial charge in [0.25, 0.3) is 0 Å². The predicted octanol–water partition coefficient (Wildman–Crippen LogP) is 4.64. The molecule has 0 fully saturated rings. The first kappa shape index (κ1) is 29.7. The highest BCUT2D eigenvalue weighted by Gasteiger charge is 2.19. The number of nitrogens with two attached hydrogens (primary N) is 1. The minimum atomic E-state index is -1.05. The molecule has 0 amide bonds. The molecule has 0 aliphatic rings. The number of aliphatic hydroxyl groups excluding tert-OH is 1. The molecule has 0 saturated carbocycles. The van der Waals surface area contributed by atoms with Gasteiger partial charge in [0.05, 0.1) is 6.10 Å². The molecule has 0 rings (SSSR count). The van der Waals surface area contributed by atoms with Crippen LogP contribution >= 0.6 is 11.8 Å². The van der Waals surface area contributed by atoms with Crippen LogP contribution in [0.2, 0.25) is 0 Å². The van der Waals surface area contributed by atoms with Gasteiger partial charge in [0.1, 0.15) is 6.04 Å². The summed E-state index contributed by atoms with van der Waals surface area (Å²) in [6.07, 6.45) is 26.3. The molecule has 0 aromatic carbocycles. The van der Waals surface area contributed by atoms with E-state index in [9.17, 15) is 14.7 Å². The zero-order valence-corrected chi connectivity index (χ0v) is 19.6. The Labute approximate surface area is 196 Å². The summed E-state index contributed by atoms with van der Waals surface area (Å²) in [6, 6.07) is -0.957. The van der Waals surface area contributed by atoms with Crippen LogP contribution in [0, 0.1) is 0 Å². The Morgan fingerprint density at radius 3 is 2.22 bits per heavy atom. The molecule has 0 aliphatic heterocycles. The van der Waals surface area contributed by atoms with Crippen LogP contribution in [0.25, 0.3) is 0 Å². The van der Waals surface area contributed by atoms with Crippen molar-refractivity contribution in [1.82, 2.24) is 0 Å². The van der Waals surface area contributed by atoms with E-state index in [1.807, 2.05) is 79.8 Å². The van der Waals surface area contributed by atoms with Crippen LogP contribution in [-0.4, -0.2) is 50.4 Å². The Morgan fingerprint density at radius 1 is 0.906 bits per heavy atom. The first-order valence-corrected chi connectivity index (χ1v) is 11.9.